The van der Waals surface area contributed by atoms with E-state index < -0.39 is 0 Å². The Hall–Kier alpha value is -1.92. The van der Waals surface area contributed by atoms with Gasteiger partial charge in [0, 0.05) is 31.2 Å². The molecule has 0 aliphatic carbocycles. The normalized spacial score (nSPS) is 24.3. The second-order valence-electron chi connectivity index (χ2n) is 6.51. The van der Waals surface area contributed by atoms with Crippen molar-refractivity contribution in [3.05, 3.63) is 46.9 Å². The highest BCUT2D eigenvalue weighted by Crippen LogP contribution is 2.32. The number of piperidine rings is 1. The number of nitrogens with zero attached hydrogens (tertiary/aromatic N) is 3. The summed E-state index contributed by atoms with van der Waals surface area (Å²) in [4.78, 5) is 21.2. The van der Waals surface area contributed by atoms with Crippen molar-refractivity contribution in [2.75, 3.05) is 37.7 Å². The molecule has 2 aromatic rings. The lowest BCUT2D eigenvalue weighted by molar-refractivity contribution is -0.105. The van der Waals surface area contributed by atoms with Crippen LogP contribution in [0.5, 0.6) is 0 Å². The first-order chi connectivity index (χ1) is 11.8. The van der Waals surface area contributed by atoms with Gasteiger partial charge in [-0.3, -0.25) is 9.78 Å². The third-order valence-electron chi connectivity index (χ3n) is 4.85. The summed E-state index contributed by atoms with van der Waals surface area (Å²) in [6, 6.07) is 5.95. The van der Waals surface area contributed by atoms with Gasteiger partial charge >= 0.3 is 0 Å². The van der Waals surface area contributed by atoms with E-state index >= 15 is 0 Å². The van der Waals surface area contributed by atoms with Crippen LogP contribution >= 0.6 is 11.3 Å². The number of rotatable bonds is 2. The Labute approximate surface area is 145 Å². The molecular formula is C18H21N3O2S. The Kier molecular flexibility index (Phi) is 4.24. The van der Waals surface area contributed by atoms with Crippen molar-refractivity contribution in [1.82, 2.24) is 9.88 Å². The third-order valence-corrected chi connectivity index (χ3v) is 5.54. The number of thiophene rings is 1. The fraction of sp³-hybridized carbons (Fsp3) is 0.444. The molecule has 0 bridgehead atoms. The number of hydrogen-bond donors (Lipinski definition) is 0. The molecule has 2 fully saturated rings. The molecule has 6 heteroatoms. The summed E-state index contributed by atoms with van der Waals surface area (Å²) in [5, 5.41) is 3.88. The lowest BCUT2D eigenvalue weighted by atomic mass is 9.90. The third kappa shape index (κ3) is 3.03. The number of hydrogen-bond acceptors (Lipinski definition) is 5. The topological polar surface area (TPSA) is 45.7 Å². The zero-order valence-electron chi connectivity index (χ0n) is 13.6. The maximum atomic E-state index is 12.7. The quantitative estimate of drug-likeness (QED) is 0.841. The Morgan fingerprint density at radius 2 is 2.25 bits per heavy atom. The average molecular weight is 343 g/mol. The van der Waals surface area contributed by atoms with Crippen LogP contribution < -0.4 is 4.90 Å². The first-order valence-electron chi connectivity index (χ1n) is 8.36. The predicted octanol–water partition coefficient (Wildman–Crippen LogP) is 2.65. The highest BCUT2D eigenvalue weighted by atomic mass is 32.1. The first-order valence-corrected chi connectivity index (χ1v) is 9.31. The molecule has 0 N–H and O–H groups in total. The van der Waals surface area contributed by atoms with Gasteiger partial charge in [0.2, 0.25) is 0 Å². The minimum atomic E-state index is -0.266. The minimum Gasteiger partial charge on any atom is -0.369 e. The Morgan fingerprint density at radius 3 is 3.04 bits per heavy atom. The van der Waals surface area contributed by atoms with Gasteiger partial charge in [0.1, 0.15) is 5.60 Å². The van der Waals surface area contributed by atoms with Crippen molar-refractivity contribution in [1.29, 1.82) is 0 Å². The van der Waals surface area contributed by atoms with Crippen molar-refractivity contribution < 1.29 is 9.53 Å². The molecule has 126 valence electrons. The molecule has 1 spiro atoms. The van der Waals surface area contributed by atoms with Gasteiger partial charge in [-0.25, -0.2) is 0 Å². The van der Waals surface area contributed by atoms with E-state index in [0.29, 0.717) is 19.7 Å². The van der Waals surface area contributed by atoms with E-state index in [4.69, 9.17) is 4.74 Å². The Bertz CT molecular complexity index is 688. The summed E-state index contributed by atoms with van der Waals surface area (Å²) in [6.45, 7) is 3.76. The van der Waals surface area contributed by atoms with Crippen molar-refractivity contribution >= 4 is 22.9 Å². The zero-order chi connectivity index (χ0) is 16.4. The van der Waals surface area contributed by atoms with Gasteiger partial charge < -0.3 is 14.5 Å². The van der Waals surface area contributed by atoms with E-state index in [9.17, 15) is 4.79 Å². The average Bonchev–Trinajstić information content (AvgIpc) is 3.17. The van der Waals surface area contributed by atoms with Crippen LogP contribution in [-0.2, 0) is 4.74 Å². The lowest BCUT2D eigenvalue weighted by Crippen LogP contribution is -2.60. The van der Waals surface area contributed by atoms with Gasteiger partial charge in [-0.15, -0.1) is 0 Å². The zero-order valence-corrected chi connectivity index (χ0v) is 14.4. The Morgan fingerprint density at radius 1 is 1.29 bits per heavy atom. The molecule has 1 amide bonds. The maximum Gasteiger partial charge on any atom is 0.254 e. The molecule has 2 aromatic heterocycles. The lowest BCUT2D eigenvalue weighted by Gasteiger charge is -2.48. The summed E-state index contributed by atoms with van der Waals surface area (Å²) in [7, 11) is 0. The van der Waals surface area contributed by atoms with Crippen LogP contribution in [0, 0.1) is 0 Å². The van der Waals surface area contributed by atoms with Crippen LogP contribution in [0.15, 0.2) is 41.4 Å². The van der Waals surface area contributed by atoms with Gasteiger partial charge in [0.15, 0.2) is 0 Å². The van der Waals surface area contributed by atoms with Crippen molar-refractivity contribution in [3.8, 4) is 0 Å². The molecule has 2 saturated heterocycles. The smallest absolute Gasteiger partial charge is 0.254 e. The fourth-order valence-electron chi connectivity index (χ4n) is 3.69. The predicted molar refractivity (Wildman–Crippen MR) is 94.6 cm³/mol. The number of morpholine rings is 1. The van der Waals surface area contributed by atoms with E-state index in [2.05, 4.69) is 16.0 Å². The standard InChI is InChI=1S/C18H21N3O2S/c22-17(15-4-10-24-12-15)21-8-9-23-18(14-21)5-2-7-20(13-18)16-3-1-6-19-11-16/h1,3-4,6,10-12H,2,5,7-9,13-14H2. The molecule has 0 radical (unpaired) electrons. The van der Waals surface area contributed by atoms with E-state index in [1.54, 1.807) is 17.5 Å². The highest BCUT2D eigenvalue weighted by molar-refractivity contribution is 7.08. The van der Waals surface area contributed by atoms with E-state index in [-0.39, 0.29) is 11.5 Å². The maximum absolute atomic E-state index is 12.7. The molecule has 1 atom stereocenters. The van der Waals surface area contributed by atoms with Crippen molar-refractivity contribution in [3.63, 3.8) is 0 Å². The van der Waals surface area contributed by atoms with Crippen molar-refractivity contribution in [2.45, 2.75) is 18.4 Å². The van der Waals surface area contributed by atoms with Gasteiger partial charge in [-0.2, -0.15) is 11.3 Å². The molecule has 4 heterocycles. The highest BCUT2D eigenvalue weighted by Gasteiger charge is 2.42. The summed E-state index contributed by atoms with van der Waals surface area (Å²) in [6.07, 6.45) is 5.75. The number of amides is 1. The van der Waals surface area contributed by atoms with E-state index in [0.717, 1.165) is 37.2 Å². The first kappa shape index (κ1) is 15.6. The van der Waals surface area contributed by atoms with Gasteiger partial charge in [0.05, 0.1) is 30.6 Å². The number of ether oxygens (including phenoxy) is 1. The van der Waals surface area contributed by atoms with Crippen LogP contribution in [0.1, 0.15) is 23.2 Å². The minimum absolute atomic E-state index is 0.123. The van der Waals surface area contributed by atoms with E-state index in [1.807, 2.05) is 34.0 Å². The van der Waals surface area contributed by atoms with Gasteiger partial charge in [-0.05, 0) is 36.4 Å². The van der Waals surface area contributed by atoms with Gasteiger partial charge in [-0.1, -0.05) is 0 Å². The van der Waals surface area contributed by atoms with Gasteiger partial charge in [0.25, 0.3) is 5.91 Å². The number of carbonyl (C=O) groups excluding carboxylic acids is 1. The van der Waals surface area contributed by atoms with Crippen LogP contribution in [-0.4, -0.2) is 54.2 Å². The molecule has 0 saturated carbocycles. The second-order valence-corrected chi connectivity index (χ2v) is 7.29. The summed E-state index contributed by atoms with van der Waals surface area (Å²) >= 11 is 1.56. The SMILES string of the molecule is O=C(c1ccsc1)N1CCOC2(CCCN(c3cccnc3)C2)C1. The monoisotopic (exact) mass is 343 g/mol. The second kappa shape index (κ2) is 6.53. The molecule has 2 aliphatic heterocycles. The number of anilines is 1. The Balaban J connectivity index is 1.50. The number of aromatic nitrogens is 1. The molecule has 24 heavy (non-hydrogen) atoms. The van der Waals surface area contributed by atoms with Crippen LogP contribution in [0.4, 0.5) is 5.69 Å². The summed E-state index contributed by atoms with van der Waals surface area (Å²) < 4.78 is 6.20. The van der Waals surface area contributed by atoms with Crippen LogP contribution in [0.25, 0.3) is 0 Å². The fourth-order valence-corrected chi connectivity index (χ4v) is 4.32. The molecular weight excluding hydrogens is 322 g/mol. The molecule has 2 aliphatic rings. The van der Waals surface area contributed by atoms with Crippen LogP contribution in [0.3, 0.4) is 0 Å². The summed E-state index contributed by atoms with van der Waals surface area (Å²) in [5.41, 5.74) is 1.65. The van der Waals surface area contributed by atoms with Crippen molar-refractivity contribution in [2.24, 2.45) is 0 Å². The van der Waals surface area contributed by atoms with E-state index in [1.165, 1.54) is 0 Å². The largest absolute Gasteiger partial charge is 0.369 e. The molecule has 4 rings (SSSR count). The molecule has 5 nitrogen and oxygen atoms in total. The molecule has 0 aromatic carbocycles. The molecule has 1 unspecified atom stereocenters. The summed E-state index contributed by atoms with van der Waals surface area (Å²) in [5.74, 6) is 0.123. The number of carbonyl (C=O) groups is 1. The number of pyridine rings is 1. The van der Waals surface area contributed by atoms with Crippen LogP contribution in [0.2, 0.25) is 0 Å².